The number of halogens is 2. The second-order valence-corrected chi connectivity index (χ2v) is 2.29. The largest absolute Gasteiger partial charge is 0.355 e. The number of ether oxygens (including phenoxy) is 1. The molecular formula is C5H9Cl2NO2. The maximum absolute atomic E-state index is 9.82. The van der Waals surface area contributed by atoms with Crippen molar-refractivity contribution < 1.29 is 9.53 Å². The molecule has 1 fully saturated rings. The molecule has 1 N–H and O–H groups in total. The van der Waals surface area contributed by atoms with E-state index in [9.17, 15) is 4.79 Å². The molecule has 0 aliphatic carbocycles. The SMILES string of the molecule is ClCCl.O=CC1NCCO1. The van der Waals surface area contributed by atoms with E-state index in [1.54, 1.807) is 0 Å². The highest BCUT2D eigenvalue weighted by atomic mass is 35.5. The minimum atomic E-state index is -0.333. The fourth-order valence-electron chi connectivity index (χ4n) is 0.533. The van der Waals surface area contributed by atoms with Gasteiger partial charge in [-0.05, 0) is 0 Å². The lowest BCUT2D eigenvalue weighted by Gasteiger charge is -1.94. The van der Waals surface area contributed by atoms with Crippen LogP contribution in [0, 0.1) is 0 Å². The summed E-state index contributed by atoms with van der Waals surface area (Å²) in [5, 5.41) is 3.01. The van der Waals surface area contributed by atoms with Crippen LogP contribution in [0.15, 0.2) is 0 Å². The Morgan fingerprint density at radius 1 is 1.70 bits per heavy atom. The first-order chi connectivity index (χ1) is 4.85. The predicted octanol–water partition coefficient (Wildman–Crippen LogP) is 0.553. The normalized spacial score (nSPS) is 23.2. The average molecular weight is 186 g/mol. The Morgan fingerprint density at radius 2 is 2.30 bits per heavy atom. The molecule has 0 bridgehead atoms. The molecule has 1 rings (SSSR count). The zero-order valence-corrected chi connectivity index (χ0v) is 6.86. The molecule has 60 valence electrons. The highest BCUT2D eigenvalue weighted by Gasteiger charge is 2.10. The van der Waals surface area contributed by atoms with Gasteiger partial charge >= 0.3 is 0 Å². The van der Waals surface area contributed by atoms with Crippen molar-refractivity contribution in [3.63, 3.8) is 0 Å². The van der Waals surface area contributed by atoms with Crippen molar-refractivity contribution in [2.24, 2.45) is 0 Å². The Labute approximate surface area is 69.6 Å². The molecule has 0 amide bonds. The lowest BCUT2D eigenvalue weighted by molar-refractivity contribution is -0.116. The monoisotopic (exact) mass is 185 g/mol. The molecule has 10 heavy (non-hydrogen) atoms. The van der Waals surface area contributed by atoms with Gasteiger partial charge < -0.3 is 4.74 Å². The molecule has 0 aromatic heterocycles. The van der Waals surface area contributed by atoms with Crippen molar-refractivity contribution in [2.45, 2.75) is 6.23 Å². The van der Waals surface area contributed by atoms with E-state index >= 15 is 0 Å². The molecule has 1 saturated heterocycles. The molecular weight excluding hydrogens is 177 g/mol. The van der Waals surface area contributed by atoms with Crippen LogP contribution >= 0.6 is 23.2 Å². The Kier molecular flexibility index (Phi) is 7.40. The Hall–Kier alpha value is 0.170. The van der Waals surface area contributed by atoms with Crippen LogP contribution in [0.4, 0.5) is 0 Å². The Morgan fingerprint density at radius 3 is 2.50 bits per heavy atom. The summed E-state index contributed by atoms with van der Waals surface area (Å²) in [4.78, 5) is 9.82. The summed E-state index contributed by atoms with van der Waals surface area (Å²) in [5.41, 5.74) is 0. The molecule has 0 spiro atoms. The maximum atomic E-state index is 9.82. The minimum Gasteiger partial charge on any atom is -0.355 e. The number of nitrogens with one attached hydrogen (secondary N) is 1. The molecule has 1 atom stereocenters. The highest BCUT2D eigenvalue weighted by Crippen LogP contribution is 1.88. The van der Waals surface area contributed by atoms with Gasteiger partial charge in [-0.15, -0.1) is 23.2 Å². The lowest BCUT2D eigenvalue weighted by Crippen LogP contribution is -2.23. The van der Waals surface area contributed by atoms with Crippen molar-refractivity contribution in [1.82, 2.24) is 5.32 Å². The summed E-state index contributed by atoms with van der Waals surface area (Å²) in [5.74, 6) is 0. The van der Waals surface area contributed by atoms with Gasteiger partial charge in [0.15, 0.2) is 12.5 Å². The molecule has 0 radical (unpaired) electrons. The van der Waals surface area contributed by atoms with Crippen LogP contribution in [0.2, 0.25) is 0 Å². The number of alkyl halides is 2. The van der Waals surface area contributed by atoms with Gasteiger partial charge in [0.1, 0.15) is 0 Å². The van der Waals surface area contributed by atoms with Gasteiger partial charge in [-0.2, -0.15) is 0 Å². The zero-order chi connectivity index (χ0) is 7.82. The number of hydrogen-bond donors (Lipinski definition) is 1. The Balaban J connectivity index is 0.000000236. The van der Waals surface area contributed by atoms with Crippen molar-refractivity contribution in [3.05, 3.63) is 0 Å². The Bertz CT molecular complexity index is 85.7. The highest BCUT2D eigenvalue weighted by molar-refractivity contribution is 6.40. The van der Waals surface area contributed by atoms with Gasteiger partial charge in [-0.25, -0.2) is 0 Å². The number of aldehydes is 1. The maximum Gasteiger partial charge on any atom is 0.164 e. The number of hydrogen-bond acceptors (Lipinski definition) is 3. The zero-order valence-electron chi connectivity index (χ0n) is 5.35. The summed E-state index contributed by atoms with van der Waals surface area (Å²) in [7, 11) is 0. The molecule has 5 heteroatoms. The van der Waals surface area contributed by atoms with Gasteiger partial charge in [0.05, 0.1) is 11.9 Å². The van der Waals surface area contributed by atoms with Crippen LogP contribution in [0.25, 0.3) is 0 Å². The second kappa shape index (κ2) is 7.28. The minimum absolute atomic E-state index is 0.194. The van der Waals surface area contributed by atoms with Crippen molar-refractivity contribution >= 4 is 29.5 Å². The smallest absolute Gasteiger partial charge is 0.164 e. The summed E-state index contributed by atoms with van der Waals surface area (Å²) in [6.07, 6.45) is 0.424. The van der Waals surface area contributed by atoms with E-state index in [-0.39, 0.29) is 11.6 Å². The van der Waals surface area contributed by atoms with Crippen molar-refractivity contribution in [3.8, 4) is 0 Å². The first kappa shape index (κ1) is 10.2. The number of carbonyl (C=O) groups is 1. The molecule has 1 heterocycles. The van der Waals surface area contributed by atoms with E-state index in [4.69, 9.17) is 27.9 Å². The summed E-state index contributed by atoms with van der Waals surface area (Å²) < 4.78 is 4.82. The number of carbonyl (C=O) groups excluding carboxylic acids is 1. The average Bonchev–Trinajstić information content (AvgIpc) is 2.39. The van der Waals surface area contributed by atoms with Crippen LogP contribution in [-0.2, 0) is 9.53 Å². The van der Waals surface area contributed by atoms with Crippen LogP contribution in [0.5, 0.6) is 0 Å². The second-order valence-electron chi connectivity index (χ2n) is 1.48. The molecule has 0 aromatic rings. The van der Waals surface area contributed by atoms with Gasteiger partial charge in [0.25, 0.3) is 0 Å². The van der Waals surface area contributed by atoms with E-state index in [0.717, 1.165) is 12.8 Å². The summed E-state index contributed by atoms with van der Waals surface area (Å²) in [6, 6.07) is 0. The first-order valence-electron chi connectivity index (χ1n) is 2.77. The van der Waals surface area contributed by atoms with Gasteiger partial charge in [-0.1, -0.05) is 0 Å². The standard InChI is InChI=1S/C4H7NO2.CH2Cl2/c6-3-4-5-1-2-7-4;2-1-3/h3-5H,1-2H2;1H2. The first-order valence-corrected chi connectivity index (χ1v) is 3.84. The third kappa shape index (κ3) is 4.99. The third-order valence-corrected chi connectivity index (χ3v) is 0.869. The van der Waals surface area contributed by atoms with Crippen LogP contribution < -0.4 is 5.32 Å². The van der Waals surface area contributed by atoms with Crippen LogP contribution in [0.3, 0.4) is 0 Å². The molecule has 1 aliphatic heterocycles. The molecule has 1 unspecified atom stereocenters. The lowest BCUT2D eigenvalue weighted by atomic mass is 10.6. The fourth-order valence-corrected chi connectivity index (χ4v) is 0.533. The topological polar surface area (TPSA) is 38.3 Å². The number of rotatable bonds is 1. The molecule has 1 aliphatic rings. The van der Waals surface area contributed by atoms with Crippen molar-refractivity contribution in [1.29, 1.82) is 0 Å². The summed E-state index contributed by atoms with van der Waals surface area (Å²) >= 11 is 9.53. The van der Waals surface area contributed by atoms with Gasteiger partial charge in [0.2, 0.25) is 0 Å². The van der Waals surface area contributed by atoms with Gasteiger partial charge in [-0.3, -0.25) is 10.1 Å². The van der Waals surface area contributed by atoms with Crippen LogP contribution in [0.1, 0.15) is 0 Å². The van der Waals surface area contributed by atoms with E-state index in [2.05, 4.69) is 5.32 Å². The molecule has 3 nitrogen and oxygen atoms in total. The van der Waals surface area contributed by atoms with Gasteiger partial charge in [0, 0.05) is 6.54 Å². The van der Waals surface area contributed by atoms with E-state index in [0.29, 0.717) is 6.61 Å². The summed E-state index contributed by atoms with van der Waals surface area (Å²) in [6.45, 7) is 1.45. The predicted molar refractivity (Wildman–Crippen MR) is 40.4 cm³/mol. The molecule has 0 aromatic carbocycles. The quantitative estimate of drug-likeness (QED) is 0.480. The third-order valence-electron chi connectivity index (χ3n) is 0.869. The molecule has 0 saturated carbocycles. The van der Waals surface area contributed by atoms with E-state index < -0.39 is 0 Å². The van der Waals surface area contributed by atoms with Crippen molar-refractivity contribution in [2.75, 3.05) is 18.5 Å². The van der Waals surface area contributed by atoms with E-state index in [1.807, 2.05) is 0 Å². The van der Waals surface area contributed by atoms with E-state index in [1.165, 1.54) is 0 Å². The van der Waals surface area contributed by atoms with Crippen LogP contribution in [-0.4, -0.2) is 31.0 Å². The fraction of sp³-hybridized carbons (Fsp3) is 0.800.